The number of fused-ring (bicyclic) bond motifs is 1. The van der Waals surface area contributed by atoms with Crippen LogP contribution in [0.3, 0.4) is 0 Å². The average molecular weight is 213 g/mol. The maximum absolute atomic E-state index is 10.3. The molecule has 0 bridgehead atoms. The summed E-state index contributed by atoms with van der Waals surface area (Å²) in [7, 11) is 0. The van der Waals surface area contributed by atoms with Crippen molar-refractivity contribution in [2.24, 2.45) is 0 Å². The maximum atomic E-state index is 10.3. The SMILES string of the molecule is OC1C2=C(C=CCC=C2)Nc2ccccc21.[HH]. The van der Waals surface area contributed by atoms with Crippen molar-refractivity contribution in [3.8, 4) is 0 Å². The van der Waals surface area contributed by atoms with E-state index in [0.29, 0.717) is 0 Å². The van der Waals surface area contributed by atoms with Gasteiger partial charge >= 0.3 is 0 Å². The molecule has 1 heterocycles. The van der Waals surface area contributed by atoms with E-state index in [1.807, 2.05) is 36.4 Å². The van der Waals surface area contributed by atoms with Crippen LogP contribution in [0, 0.1) is 0 Å². The van der Waals surface area contributed by atoms with E-state index in [-0.39, 0.29) is 1.43 Å². The first kappa shape index (κ1) is 9.43. The predicted octanol–water partition coefficient (Wildman–Crippen LogP) is 3.16. The minimum Gasteiger partial charge on any atom is -0.383 e. The van der Waals surface area contributed by atoms with Crippen molar-refractivity contribution in [1.29, 1.82) is 0 Å². The molecule has 2 aliphatic rings. The second kappa shape index (κ2) is 3.65. The molecular formula is C14H15NO. The molecule has 0 spiro atoms. The molecule has 2 heteroatoms. The van der Waals surface area contributed by atoms with Gasteiger partial charge in [-0.3, -0.25) is 0 Å². The molecule has 3 rings (SSSR count). The van der Waals surface area contributed by atoms with Gasteiger partial charge in [0.25, 0.3) is 0 Å². The highest BCUT2D eigenvalue weighted by Crippen LogP contribution is 2.37. The number of rotatable bonds is 0. The lowest BCUT2D eigenvalue weighted by Gasteiger charge is -2.25. The van der Waals surface area contributed by atoms with E-state index in [0.717, 1.165) is 28.9 Å². The fourth-order valence-electron chi connectivity index (χ4n) is 2.16. The molecule has 0 saturated carbocycles. The Labute approximate surface area is 96.1 Å². The summed E-state index contributed by atoms with van der Waals surface area (Å²) in [6, 6.07) is 7.87. The molecule has 16 heavy (non-hydrogen) atoms. The topological polar surface area (TPSA) is 32.3 Å². The quantitative estimate of drug-likeness (QED) is 0.693. The largest absolute Gasteiger partial charge is 0.383 e. The number of anilines is 1. The van der Waals surface area contributed by atoms with Crippen LogP contribution in [0.15, 0.2) is 59.8 Å². The smallest absolute Gasteiger partial charge is 0.108 e. The van der Waals surface area contributed by atoms with E-state index in [4.69, 9.17) is 0 Å². The fraction of sp³-hybridized carbons (Fsp3) is 0.143. The first-order chi connectivity index (χ1) is 7.86. The van der Waals surface area contributed by atoms with Gasteiger partial charge in [-0.2, -0.15) is 0 Å². The molecule has 82 valence electrons. The van der Waals surface area contributed by atoms with E-state index in [1.54, 1.807) is 0 Å². The number of para-hydroxylation sites is 1. The van der Waals surface area contributed by atoms with Gasteiger partial charge in [0.05, 0.1) is 0 Å². The lowest BCUT2D eigenvalue weighted by molar-refractivity contribution is 0.218. The highest BCUT2D eigenvalue weighted by molar-refractivity contribution is 5.65. The number of benzene rings is 1. The fourth-order valence-corrected chi connectivity index (χ4v) is 2.16. The Kier molecular flexibility index (Phi) is 2.15. The van der Waals surface area contributed by atoms with Crippen molar-refractivity contribution in [2.45, 2.75) is 12.5 Å². The summed E-state index contributed by atoms with van der Waals surface area (Å²) in [5.74, 6) is 0. The van der Waals surface area contributed by atoms with Crippen LogP contribution in [0.5, 0.6) is 0 Å². The van der Waals surface area contributed by atoms with Crippen LogP contribution in [0.25, 0.3) is 0 Å². The van der Waals surface area contributed by atoms with Crippen LogP contribution in [-0.4, -0.2) is 5.11 Å². The summed E-state index contributed by atoms with van der Waals surface area (Å²) in [6.07, 6.45) is 8.59. The van der Waals surface area contributed by atoms with Gasteiger partial charge in [0.1, 0.15) is 6.10 Å². The second-order valence-corrected chi connectivity index (χ2v) is 4.02. The molecule has 0 amide bonds. The zero-order chi connectivity index (χ0) is 11.0. The third-order valence-electron chi connectivity index (χ3n) is 2.98. The molecule has 2 N–H and O–H groups in total. The first-order valence-corrected chi connectivity index (χ1v) is 5.47. The Hall–Kier alpha value is -1.80. The van der Waals surface area contributed by atoms with Gasteiger partial charge in [-0.05, 0) is 18.6 Å². The minimum absolute atomic E-state index is 0. The maximum Gasteiger partial charge on any atom is 0.108 e. The van der Waals surface area contributed by atoms with E-state index in [1.165, 1.54) is 0 Å². The average Bonchev–Trinajstić information content (AvgIpc) is 2.55. The molecule has 1 aliphatic heterocycles. The van der Waals surface area contributed by atoms with Crippen molar-refractivity contribution in [1.82, 2.24) is 0 Å². The first-order valence-electron chi connectivity index (χ1n) is 5.47. The lowest BCUT2D eigenvalue weighted by atomic mass is 9.94. The van der Waals surface area contributed by atoms with E-state index < -0.39 is 6.10 Å². The molecule has 1 aromatic carbocycles. The summed E-state index contributed by atoms with van der Waals surface area (Å²) in [4.78, 5) is 0. The number of hydrogen-bond donors (Lipinski definition) is 2. The summed E-state index contributed by atoms with van der Waals surface area (Å²) in [5.41, 5.74) is 3.89. The number of nitrogens with one attached hydrogen (secondary N) is 1. The molecule has 2 nitrogen and oxygen atoms in total. The van der Waals surface area contributed by atoms with Gasteiger partial charge in [-0.1, -0.05) is 36.4 Å². The highest BCUT2D eigenvalue weighted by Gasteiger charge is 2.23. The minimum atomic E-state index is -0.522. The Morgan fingerprint density at radius 3 is 2.94 bits per heavy atom. The normalized spacial score (nSPS) is 22.2. The summed E-state index contributed by atoms with van der Waals surface area (Å²) < 4.78 is 0. The third kappa shape index (κ3) is 1.39. The third-order valence-corrected chi connectivity index (χ3v) is 2.98. The summed E-state index contributed by atoms with van der Waals surface area (Å²) >= 11 is 0. The van der Waals surface area contributed by atoms with Crippen molar-refractivity contribution in [2.75, 3.05) is 5.32 Å². The van der Waals surface area contributed by atoms with Crippen LogP contribution in [0.1, 0.15) is 19.5 Å². The van der Waals surface area contributed by atoms with Gasteiger partial charge in [0, 0.05) is 23.9 Å². The Bertz CT molecular complexity index is 517. The molecule has 1 aliphatic carbocycles. The Morgan fingerprint density at radius 2 is 2.00 bits per heavy atom. The summed E-state index contributed by atoms with van der Waals surface area (Å²) in [5, 5.41) is 13.6. The van der Waals surface area contributed by atoms with E-state index in [9.17, 15) is 5.11 Å². The Morgan fingerprint density at radius 1 is 1.19 bits per heavy atom. The van der Waals surface area contributed by atoms with Crippen LogP contribution in [0.4, 0.5) is 5.69 Å². The number of aliphatic hydroxyl groups is 1. The highest BCUT2D eigenvalue weighted by atomic mass is 16.3. The van der Waals surface area contributed by atoms with E-state index >= 15 is 0 Å². The zero-order valence-electron chi connectivity index (χ0n) is 8.85. The van der Waals surface area contributed by atoms with Crippen molar-refractivity contribution in [3.05, 3.63) is 65.4 Å². The number of allylic oxidation sites excluding steroid dienone is 3. The number of hydrogen-bond acceptors (Lipinski definition) is 2. The lowest BCUT2D eigenvalue weighted by Crippen LogP contribution is -2.15. The van der Waals surface area contributed by atoms with Gasteiger partial charge in [0.15, 0.2) is 0 Å². The van der Waals surface area contributed by atoms with E-state index in [2.05, 4.69) is 17.5 Å². The van der Waals surface area contributed by atoms with Crippen molar-refractivity contribution >= 4 is 5.69 Å². The Balaban J connectivity index is 0.00000108. The second-order valence-electron chi connectivity index (χ2n) is 4.02. The van der Waals surface area contributed by atoms with Crippen LogP contribution < -0.4 is 5.32 Å². The monoisotopic (exact) mass is 213 g/mol. The molecule has 0 fully saturated rings. The molecule has 1 atom stereocenters. The standard InChI is InChI=1S/C14H13NO.H2/c16-14-10-6-2-1-3-8-12(10)15-13-9-5-4-7-11(13)14;/h2-9,14-16H,1H2;1H. The van der Waals surface area contributed by atoms with Gasteiger partial charge in [-0.25, -0.2) is 0 Å². The number of aliphatic hydroxyl groups excluding tert-OH is 1. The van der Waals surface area contributed by atoms with Crippen LogP contribution in [-0.2, 0) is 0 Å². The molecular weight excluding hydrogens is 198 g/mol. The zero-order valence-corrected chi connectivity index (χ0v) is 8.85. The van der Waals surface area contributed by atoms with Gasteiger partial charge in [-0.15, -0.1) is 0 Å². The molecule has 0 aromatic heterocycles. The predicted molar refractivity (Wildman–Crippen MR) is 67.1 cm³/mol. The summed E-state index contributed by atoms with van der Waals surface area (Å²) in [6.45, 7) is 0. The molecule has 1 unspecified atom stereocenters. The molecule has 0 saturated heterocycles. The van der Waals surface area contributed by atoms with Crippen LogP contribution >= 0.6 is 0 Å². The molecule has 1 aromatic rings. The van der Waals surface area contributed by atoms with Crippen molar-refractivity contribution in [3.63, 3.8) is 0 Å². The van der Waals surface area contributed by atoms with Crippen LogP contribution in [0.2, 0.25) is 0 Å². The molecule has 0 radical (unpaired) electrons. The van der Waals surface area contributed by atoms with Gasteiger partial charge in [0.2, 0.25) is 0 Å². The van der Waals surface area contributed by atoms with Crippen molar-refractivity contribution < 1.29 is 6.53 Å². The van der Waals surface area contributed by atoms with Gasteiger partial charge < -0.3 is 10.4 Å².